The Hall–Kier alpha value is -2.59. The second-order valence-electron chi connectivity index (χ2n) is 19.9. The number of pyridine rings is 1. The van der Waals surface area contributed by atoms with Crippen LogP contribution in [0.4, 0.5) is 10.5 Å². The molecule has 4 heterocycles. The van der Waals surface area contributed by atoms with Gasteiger partial charge in [0.1, 0.15) is 35.1 Å². The maximum Gasteiger partial charge on any atom is 0.324 e. The molecule has 18 nitrogen and oxygen atoms in total. The molecule has 18 atom stereocenters. The van der Waals surface area contributed by atoms with Crippen LogP contribution in [0.25, 0.3) is 0 Å². The third-order valence-corrected chi connectivity index (χ3v) is 14.5. The molecule has 0 bridgehead atoms. The van der Waals surface area contributed by atoms with E-state index in [0.717, 1.165) is 6.42 Å². The number of cyclic esters (lactones) is 1. The molecule has 3 aliphatic heterocycles. The fourth-order valence-electron chi connectivity index (χ4n) is 10.1. The molecule has 0 aromatic carbocycles. The standard InChI is InChI=1S/C47H83N5O13/c1-15-19-49-26-47(59)32(8)62-36(24-45(47,10)60-14)64-38-29(5)40(65-42-37(53)34(22-28(4)61-42)52(13)43(56)51(12)33-17-20-48-21-18-33)44(9,57)23-27(3)25-50-31(7)39(54)46(11,58)35(16-2)63-41(55)30(38)6/h17-18,20-21,27-32,34-40,42,49-50,53-54,57-59H,15-16,19,22-26H2,1-14H3/t27-,28-,29+,30-,31-,32+,34+,35-,36+,37-,38+,39-,40-,42+,44-,45-,46-,47+/m1/s1. The van der Waals surface area contributed by atoms with Gasteiger partial charge in [0.05, 0.1) is 42.0 Å². The van der Waals surface area contributed by atoms with Crippen LogP contribution in [0.2, 0.25) is 0 Å². The quantitative estimate of drug-likeness (QED) is 0.118. The van der Waals surface area contributed by atoms with Crippen molar-refractivity contribution in [1.29, 1.82) is 0 Å². The van der Waals surface area contributed by atoms with Gasteiger partial charge >= 0.3 is 12.0 Å². The molecule has 0 unspecified atom stereocenters. The number of likely N-dealkylation sites (N-methyl/N-ethyl adjacent to an activating group) is 1. The van der Waals surface area contributed by atoms with E-state index in [-0.39, 0.29) is 44.2 Å². The Balaban J connectivity index is 1.80. The van der Waals surface area contributed by atoms with Crippen molar-refractivity contribution in [2.75, 3.05) is 45.7 Å². The van der Waals surface area contributed by atoms with E-state index >= 15 is 0 Å². The number of nitrogens with one attached hydrogen (secondary N) is 2. The second-order valence-corrected chi connectivity index (χ2v) is 19.9. The minimum Gasteiger partial charge on any atom is -0.459 e. The fraction of sp³-hybridized carbons (Fsp3) is 0.851. The van der Waals surface area contributed by atoms with Crippen molar-refractivity contribution in [2.45, 2.75) is 198 Å². The van der Waals surface area contributed by atoms with Gasteiger partial charge in [0.15, 0.2) is 12.6 Å². The molecular formula is C47H83N5O13. The van der Waals surface area contributed by atoms with E-state index in [0.29, 0.717) is 18.8 Å². The fourth-order valence-corrected chi connectivity index (χ4v) is 10.1. The number of carbonyl (C=O) groups excluding carboxylic acids is 2. The van der Waals surface area contributed by atoms with Crippen LogP contribution >= 0.6 is 0 Å². The lowest BCUT2D eigenvalue weighted by molar-refractivity contribution is -0.336. The molecule has 2 amide bonds. The number of carbonyl (C=O) groups is 2. The van der Waals surface area contributed by atoms with E-state index in [1.807, 2.05) is 20.8 Å². The summed E-state index contributed by atoms with van der Waals surface area (Å²) < 4.78 is 38.6. The lowest BCUT2D eigenvalue weighted by Crippen LogP contribution is -2.70. The van der Waals surface area contributed by atoms with Gasteiger partial charge in [-0.2, -0.15) is 0 Å². The van der Waals surface area contributed by atoms with Gasteiger partial charge in [-0.1, -0.05) is 27.7 Å². The van der Waals surface area contributed by atoms with Gasteiger partial charge in [-0.3, -0.25) is 14.7 Å². The molecule has 1 aromatic heterocycles. The predicted molar refractivity (Wildman–Crippen MR) is 244 cm³/mol. The second kappa shape index (κ2) is 22.7. The van der Waals surface area contributed by atoms with Gasteiger partial charge in [-0.15, -0.1) is 0 Å². The topological polar surface area (TPSA) is 234 Å². The Morgan fingerprint density at radius 1 is 0.985 bits per heavy atom. The van der Waals surface area contributed by atoms with Gasteiger partial charge in [0, 0.05) is 64.2 Å². The van der Waals surface area contributed by atoms with Crippen LogP contribution in [0.1, 0.15) is 108 Å². The van der Waals surface area contributed by atoms with Crippen LogP contribution in [0, 0.1) is 17.8 Å². The van der Waals surface area contributed by atoms with E-state index in [1.54, 1.807) is 87.1 Å². The van der Waals surface area contributed by atoms with Gasteiger partial charge < -0.3 is 69.5 Å². The lowest BCUT2D eigenvalue weighted by Gasteiger charge is -2.53. The SMILES string of the molecule is CCCNC[C@]1(O)[C@H](C)O[C@@H](O[C@H]2[C@H](C)[C@@H](O[C@@H]3O[C@H](C)C[C@H](N(C)C(=O)N(C)c4ccncc4)[C@H]3O)[C@](C)(O)C[C@@H](C)CN[C@H](C)[C@@H](O)[C@](C)(O)[C@@H](CC)OC(=O)[C@@H]2C)C[C@@]1(C)OC. The van der Waals surface area contributed by atoms with E-state index in [9.17, 15) is 35.1 Å². The average Bonchev–Trinajstić information content (AvgIpc) is 3.26. The molecule has 1 aromatic rings. The van der Waals surface area contributed by atoms with E-state index in [1.165, 1.54) is 23.8 Å². The summed E-state index contributed by atoms with van der Waals surface area (Å²) in [7, 11) is 4.76. The highest BCUT2D eigenvalue weighted by Crippen LogP contribution is 2.43. The highest BCUT2D eigenvalue weighted by atomic mass is 16.7. The molecule has 65 heavy (non-hydrogen) atoms. The van der Waals surface area contributed by atoms with E-state index in [2.05, 4.69) is 15.6 Å². The maximum atomic E-state index is 14.5. The zero-order valence-electron chi connectivity index (χ0n) is 41.4. The first-order chi connectivity index (χ1) is 30.3. The van der Waals surface area contributed by atoms with Crippen molar-refractivity contribution in [3.63, 3.8) is 0 Å². The van der Waals surface area contributed by atoms with Crippen LogP contribution in [-0.4, -0.2) is 178 Å². The number of amides is 2. The summed E-state index contributed by atoms with van der Waals surface area (Å²) in [6.45, 7) is 20.4. The van der Waals surface area contributed by atoms with E-state index in [4.69, 9.17) is 28.4 Å². The van der Waals surface area contributed by atoms with Crippen LogP contribution in [0.15, 0.2) is 24.5 Å². The van der Waals surface area contributed by atoms with Gasteiger partial charge in [-0.25, -0.2) is 4.79 Å². The summed E-state index contributed by atoms with van der Waals surface area (Å²) in [4.78, 5) is 35.3. The summed E-state index contributed by atoms with van der Waals surface area (Å²) in [6, 6.07) is 1.61. The van der Waals surface area contributed by atoms with Gasteiger partial charge in [0.25, 0.3) is 0 Å². The smallest absolute Gasteiger partial charge is 0.324 e. The molecule has 3 aliphatic rings. The molecular weight excluding hydrogens is 843 g/mol. The molecule has 3 saturated heterocycles. The van der Waals surface area contributed by atoms with Crippen molar-refractivity contribution >= 4 is 17.7 Å². The van der Waals surface area contributed by atoms with Crippen LogP contribution < -0.4 is 15.5 Å². The number of aliphatic hydroxyl groups is 5. The predicted octanol–water partition coefficient (Wildman–Crippen LogP) is 2.95. The lowest BCUT2D eigenvalue weighted by atomic mass is 9.75. The molecule has 7 N–H and O–H groups in total. The average molecular weight is 926 g/mol. The number of hydrogen-bond acceptors (Lipinski definition) is 16. The summed E-state index contributed by atoms with van der Waals surface area (Å²) in [5, 5.41) is 66.8. The summed E-state index contributed by atoms with van der Waals surface area (Å²) in [5.41, 5.74) is -5.61. The molecule has 4 rings (SSSR count). The Bertz CT molecular complexity index is 1660. The largest absolute Gasteiger partial charge is 0.459 e. The normalized spacial score (nSPS) is 42.6. The zero-order chi connectivity index (χ0) is 48.8. The number of anilines is 1. The minimum atomic E-state index is -1.86. The number of aromatic nitrogens is 1. The van der Waals surface area contributed by atoms with Crippen molar-refractivity contribution in [3.05, 3.63) is 24.5 Å². The summed E-state index contributed by atoms with van der Waals surface area (Å²) in [6.07, 6.45) is -5.27. The van der Waals surface area contributed by atoms with E-state index < -0.39 is 108 Å². The van der Waals surface area contributed by atoms with Crippen molar-refractivity contribution in [2.24, 2.45) is 17.8 Å². The Morgan fingerprint density at radius 2 is 1.63 bits per heavy atom. The molecule has 0 radical (unpaired) electrons. The third kappa shape index (κ3) is 12.4. The van der Waals surface area contributed by atoms with Gasteiger partial charge in [-0.05, 0) is 105 Å². The zero-order valence-corrected chi connectivity index (χ0v) is 41.4. The molecule has 0 aliphatic carbocycles. The highest BCUT2D eigenvalue weighted by Gasteiger charge is 2.58. The molecule has 0 saturated carbocycles. The number of aliphatic hydroxyl groups excluding tert-OH is 2. The number of rotatable bonds is 12. The molecule has 374 valence electrons. The summed E-state index contributed by atoms with van der Waals surface area (Å²) >= 11 is 0. The van der Waals surface area contributed by atoms with Crippen LogP contribution in [0.5, 0.6) is 0 Å². The van der Waals surface area contributed by atoms with Gasteiger partial charge in [0.2, 0.25) is 0 Å². The first-order valence-electron chi connectivity index (χ1n) is 23.5. The van der Waals surface area contributed by atoms with Crippen molar-refractivity contribution in [1.82, 2.24) is 20.5 Å². The number of esters is 1. The monoisotopic (exact) mass is 926 g/mol. The van der Waals surface area contributed by atoms with Crippen LogP contribution in [0.3, 0.4) is 0 Å². The molecule has 0 spiro atoms. The Morgan fingerprint density at radius 3 is 2.23 bits per heavy atom. The number of methoxy groups -OCH3 is 1. The number of nitrogens with zero attached hydrogens (tertiary/aromatic N) is 3. The number of ether oxygens (including phenoxy) is 6. The van der Waals surface area contributed by atoms with Crippen molar-refractivity contribution < 1.29 is 63.5 Å². The highest BCUT2D eigenvalue weighted by molar-refractivity contribution is 5.91. The molecule has 18 heteroatoms. The first kappa shape index (κ1) is 55.0. The molecule has 3 fully saturated rings. The number of urea groups is 1. The third-order valence-electron chi connectivity index (χ3n) is 14.5. The van der Waals surface area contributed by atoms with Crippen molar-refractivity contribution in [3.8, 4) is 0 Å². The maximum absolute atomic E-state index is 14.5. The Labute approximate surface area is 387 Å². The Kier molecular flexibility index (Phi) is 19.2. The minimum absolute atomic E-state index is 0.0437. The number of hydrogen-bond donors (Lipinski definition) is 7. The summed E-state index contributed by atoms with van der Waals surface area (Å²) in [5.74, 6) is -2.98. The van der Waals surface area contributed by atoms with Crippen LogP contribution in [-0.2, 0) is 33.2 Å². The first-order valence-corrected chi connectivity index (χ1v) is 23.5.